The van der Waals surface area contributed by atoms with Gasteiger partial charge in [-0.1, -0.05) is 19.1 Å². The number of nitrogens with two attached hydrogens (primary N) is 1. The van der Waals surface area contributed by atoms with Crippen LogP contribution in [0.3, 0.4) is 0 Å². The molecule has 0 spiro atoms. The van der Waals surface area contributed by atoms with Crippen LogP contribution >= 0.6 is 0 Å². The highest BCUT2D eigenvalue weighted by Gasteiger charge is 2.23. The van der Waals surface area contributed by atoms with Gasteiger partial charge in [-0.15, -0.1) is 0 Å². The number of benzene rings is 1. The van der Waals surface area contributed by atoms with Crippen molar-refractivity contribution in [2.45, 2.75) is 45.1 Å². The van der Waals surface area contributed by atoms with Crippen LogP contribution in [0, 0.1) is 0 Å². The van der Waals surface area contributed by atoms with Gasteiger partial charge in [-0.05, 0) is 36.5 Å². The summed E-state index contributed by atoms with van der Waals surface area (Å²) in [5, 5.41) is 8.78. The maximum Gasteiger partial charge on any atom is 0.225 e. The van der Waals surface area contributed by atoms with E-state index in [1.54, 1.807) is 11.0 Å². The number of rotatable bonds is 6. The van der Waals surface area contributed by atoms with Crippen molar-refractivity contribution in [2.75, 3.05) is 0 Å². The van der Waals surface area contributed by atoms with Gasteiger partial charge in [0.2, 0.25) is 5.91 Å². The summed E-state index contributed by atoms with van der Waals surface area (Å²) >= 11 is 0. The van der Waals surface area contributed by atoms with Gasteiger partial charge in [0, 0.05) is 5.92 Å². The van der Waals surface area contributed by atoms with Crippen LogP contribution in [0.5, 0.6) is 0 Å². The minimum atomic E-state index is -0.434. The van der Waals surface area contributed by atoms with E-state index < -0.39 is 5.91 Å². The van der Waals surface area contributed by atoms with Crippen molar-refractivity contribution in [1.82, 2.24) is 29.5 Å². The largest absolute Gasteiger partial charge is 0.369 e. The van der Waals surface area contributed by atoms with Crippen LogP contribution in [-0.2, 0) is 30.6 Å². The molecule has 1 amide bonds. The predicted molar refractivity (Wildman–Crippen MR) is 94.7 cm³/mol. The minimum absolute atomic E-state index is 0.0328. The lowest BCUT2D eigenvalue weighted by molar-refractivity contribution is -0.117. The Morgan fingerprint density at radius 1 is 1.35 bits per heavy atom. The Labute approximate surface area is 151 Å². The number of carbonyl (C=O) groups excluding carboxylic acids is 1. The lowest BCUT2D eigenvalue weighted by Gasteiger charge is -2.15. The number of primary amides is 1. The molecule has 4 rings (SSSR count). The fraction of sp³-hybridized carbons (Fsp3) is 0.389. The van der Waals surface area contributed by atoms with Crippen LogP contribution in [0.2, 0.25) is 0 Å². The second-order valence-electron chi connectivity index (χ2n) is 6.73. The van der Waals surface area contributed by atoms with E-state index in [1.165, 1.54) is 17.5 Å². The van der Waals surface area contributed by atoms with Crippen molar-refractivity contribution in [3.8, 4) is 5.69 Å². The van der Waals surface area contributed by atoms with Crippen molar-refractivity contribution in [3.05, 3.63) is 53.6 Å². The summed E-state index contributed by atoms with van der Waals surface area (Å²) in [5.74, 6) is 0.865. The SMILES string of the molecule is CC(Cn1cncn1)c1nc(CC(N)=O)nn1-c1cccc2c1CCC2. The van der Waals surface area contributed by atoms with Crippen LogP contribution < -0.4 is 5.73 Å². The Kier molecular flexibility index (Phi) is 4.24. The average molecular weight is 351 g/mol. The monoisotopic (exact) mass is 351 g/mol. The molecule has 0 aliphatic heterocycles. The van der Waals surface area contributed by atoms with Gasteiger partial charge < -0.3 is 5.73 Å². The van der Waals surface area contributed by atoms with Gasteiger partial charge in [0.1, 0.15) is 18.5 Å². The molecular weight excluding hydrogens is 330 g/mol. The number of nitrogens with zero attached hydrogens (tertiary/aromatic N) is 6. The zero-order valence-electron chi connectivity index (χ0n) is 14.7. The third kappa shape index (κ3) is 3.10. The molecule has 8 heteroatoms. The van der Waals surface area contributed by atoms with E-state index in [2.05, 4.69) is 45.3 Å². The molecule has 0 fully saturated rings. The van der Waals surface area contributed by atoms with Gasteiger partial charge >= 0.3 is 0 Å². The summed E-state index contributed by atoms with van der Waals surface area (Å²) in [6, 6.07) is 6.30. The Morgan fingerprint density at radius 3 is 3.00 bits per heavy atom. The molecule has 1 unspecified atom stereocenters. The summed E-state index contributed by atoms with van der Waals surface area (Å²) in [4.78, 5) is 20.0. The lowest BCUT2D eigenvalue weighted by Crippen LogP contribution is -2.14. The molecule has 2 aromatic heterocycles. The van der Waals surface area contributed by atoms with Crippen molar-refractivity contribution in [2.24, 2.45) is 5.73 Å². The van der Waals surface area contributed by atoms with Crippen molar-refractivity contribution in [1.29, 1.82) is 0 Å². The molecular formula is C18H21N7O. The normalized spacial score (nSPS) is 14.3. The third-order valence-electron chi connectivity index (χ3n) is 4.73. The maximum atomic E-state index is 11.3. The van der Waals surface area contributed by atoms with E-state index in [1.807, 2.05) is 4.68 Å². The average Bonchev–Trinajstić information content (AvgIpc) is 3.33. The zero-order valence-corrected chi connectivity index (χ0v) is 14.7. The quantitative estimate of drug-likeness (QED) is 0.718. The van der Waals surface area contributed by atoms with Gasteiger partial charge in [0.05, 0.1) is 18.7 Å². The molecule has 1 atom stereocenters. The van der Waals surface area contributed by atoms with E-state index in [9.17, 15) is 4.79 Å². The van der Waals surface area contributed by atoms with Crippen LogP contribution in [0.25, 0.3) is 5.69 Å². The van der Waals surface area contributed by atoms with Gasteiger partial charge in [-0.2, -0.15) is 10.2 Å². The molecule has 1 aromatic carbocycles. The first-order chi connectivity index (χ1) is 12.6. The number of hydrogen-bond acceptors (Lipinski definition) is 5. The Morgan fingerprint density at radius 2 is 2.23 bits per heavy atom. The number of fused-ring (bicyclic) bond motifs is 1. The van der Waals surface area contributed by atoms with Crippen LogP contribution in [0.4, 0.5) is 0 Å². The third-order valence-corrected chi connectivity index (χ3v) is 4.73. The van der Waals surface area contributed by atoms with E-state index in [0.29, 0.717) is 12.4 Å². The Hall–Kier alpha value is -3.03. The summed E-state index contributed by atoms with van der Waals surface area (Å²) < 4.78 is 3.65. The van der Waals surface area contributed by atoms with Crippen molar-refractivity contribution in [3.63, 3.8) is 0 Å². The highest BCUT2D eigenvalue weighted by Crippen LogP contribution is 2.29. The predicted octanol–water partition coefficient (Wildman–Crippen LogP) is 1.18. The minimum Gasteiger partial charge on any atom is -0.369 e. The molecule has 26 heavy (non-hydrogen) atoms. The van der Waals surface area contributed by atoms with E-state index in [0.717, 1.165) is 30.8 Å². The van der Waals surface area contributed by atoms with Gasteiger partial charge in [-0.3, -0.25) is 9.48 Å². The lowest BCUT2D eigenvalue weighted by atomic mass is 10.1. The molecule has 3 aromatic rings. The molecule has 1 aliphatic carbocycles. The van der Waals surface area contributed by atoms with Crippen LogP contribution in [-0.4, -0.2) is 35.4 Å². The number of hydrogen-bond donors (Lipinski definition) is 1. The number of carbonyl (C=O) groups is 1. The molecule has 1 aliphatic rings. The number of aromatic nitrogens is 6. The van der Waals surface area contributed by atoms with Crippen LogP contribution in [0.15, 0.2) is 30.9 Å². The second kappa shape index (κ2) is 6.70. The topological polar surface area (TPSA) is 105 Å². The highest BCUT2D eigenvalue weighted by atomic mass is 16.1. The summed E-state index contributed by atoms with van der Waals surface area (Å²) in [5.41, 5.74) is 9.07. The fourth-order valence-corrected chi connectivity index (χ4v) is 3.58. The van der Waals surface area contributed by atoms with Gasteiger partial charge in [0.15, 0.2) is 5.82 Å². The summed E-state index contributed by atoms with van der Waals surface area (Å²) in [6.45, 7) is 2.70. The second-order valence-corrected chi connectivity index (χ2v) is 6.73. The van der Waals surface area contributed by atoms with E-state index >= 15 is 0 Å². The van der Waals surface area contributed by atoms with Crippen molar-refractivity contribution >= 4 is 5.91 Å². The molecule has 0 saturated carbocycles. The number of aryl methyl sites for hydroxylation is 1. The van der Waals surface area contributed by atoms with E-state index in [4.69, 9.17) is 5.73 Å². The molecule has 2 N–H and O–H groups in total. The standard InChI is InChI=1S/C18H21N7O/c1-12(9-24-11-20-10-21-24)18-22-17(8-16(19)26)23-25(18)15-7-3-5-13-4-2-6-14(13)15/h3,5,7,10-12H,2,4,6,8-9H2,1H3,(H2,19,26). The smallest absolute Gasteiger partial charge is 0.225 e. The number of amides is 1. The summed E-state index contributed by atoms with van der Waals surface area (Å²) in [7, 11) is 0. The summed E-state index contributed by atoms with van der Waals surface area (Å²) in [6.07, 6.45) is 6.51. The van der Waals surface area contributed by atoms with Gasteiger partial charge in [-0.25, -0.2) is 14.6 Å². The van der Waals surface area contributed by atoms with E-state index in [-0.39, 0.29) is 12.3 Å². The highest BCUT2D eigenvalue weighted by molar-refractivity contribution is 5.75. The molecule has 2 heterocycles. The zero-order chi connectivity index (χ0) is 18.1. The first-order valence-corrected chi connectivity index (χ1v) is 8.79. The molecule has 0 saturated heterocycles. The first kappa shape index (κ1) is 16.4. The van der Waals surface area contributed by atoms with Crippen LogP contribution in [0.1, 0.15) is 42.0 Å². The molecule has 0 radical (unpaired) electrons. The molecule has 0 bridgehead atoms. The van der Waals surface area contributed by atoms with Crippen molar-refractivity contribution < 1.29 is 4.79 Å². The maximum absolute atomic E-state index is 11.3. The molecule has 8 nitrogen and oxygen atoms in total. The fourth-order valence-electron chi connectivity index (χ4n) is 3.58. The van der Waals surface area contributed by atoms with Gasteiger partial charge in [0.25, 0.3) is 0 Å². The Bertz CT molecular complexity index is 929. The molecule has 134 valence electrons. The Balaban J connectivity index is 1.76. The first-order valence-electron chi connectivity index (χ1n) is 8.79.